The second-order valence-electron chi connectivity index (χ2n) is 4.44. The van der Waals surface area contributed by atoms with E-state index in [0.717, 1.165) is 23.3 Å². The van der Waals surface area contributed by atoms with Crippen molar-refractivity contribution in [1.82, 2.24) is 9.97 Å². The number of carbonyl (C=O) groups excluding carboxylic acids is 2. The zero-order valence-corrected chi connectivity index (χ0v) is 11.8. The Morgan fingerprint density at radius 2 is 2.26 bits per heavy atom. The fourth-order valence-corrected chi connectivity index (χ4v) is 2.49. The molecule has 1 aromatic carbocycles. The third-order valence-electron chi connectivity index (χ3n) is 3.01. The normalized spacial score (nSPS) is 10.8. The summed E-state index contributed by atoms with van der Waals surface area (Å²) in [5, 5.41) is 0. The van der Waals surface area contributed by atoms with Crippen LogP contribution in [0.5, 0.6) is 0 Å². The van der Waals surface area contributed by atoms with E-state index in [4.69, 9.17) is 0 Å². The number of hydrogen-bond donors (Lipinski definition) is 1. The molecule has 19 heavy (non-hydrogen) atoms. The molecule has 1 heterocycles. The van der Waals surface area contributed by atoms with Crippen molar-refractivity contribution in [2.24, 2.45) is 0 Å². The van der Waals surface area contributed by atoms with E-state index in [1.807, 2.05) is 19.2 Å². The Kier molecular flexibility index (Phi) is 4.37. The van der Waals surface area contributed by atoms with Crippen LogP contribution in [-0.4, -0.2) is 34.0 Å². The predicted octanol–water partition coefficient (Wildman–Crippen LogP) is 3.01. The number of H-pyrrole nitrogens is 1. The first kappa shape index (κ1) is 13.8. The number of aromatic nitrogens is 2. The van der Waals surface area contributed by atoms with Crippen molar-refractivity contribution in [1.29, 1.82) is 0 Å². The van der Waals surface area contributed by atoms with Crippen LogP contribution in [0.25, 0.3) is 11.0 Å². The minimum absolute atomic E-state index is 0.143. The number of aldehydes is 1. The largest absolute Gasteiger partial charge is 0.336 e. The molecule has 0 aliphatic carbocycles. The standard InChI is InChI=1S/C14H16N2O2S/c1-9-6-11-12(16-14(8-17)15-11)7-10(9)13(18)4-3-5-19-2/h6-8H,3-5H2,1-2H3,(H,15,16). The topological polar surface area (TPSA) is 62.8 Å². The van der Waals surface area contributed by atoms with Crippen molar-refractivity contribution in [3.63, 3.8) is 0 Å². The number of aryl methyl sites for hydroxylation is 1. The summed E-state index contributed by atoms with van der Waals surface area (Å²) in [6, 6.07) is 3.65. The van der Waals surface area contributed by atoms with Crippen molar-refractivity contribution in [3.05, 3.63) is 29.1 Å². The van der Waals surface area contributed by atoms with Gasteiger partial charge in [-0.1, -0.05) is 0 Å². The molecule has 0 saturated carbocycles. The molecule has 0 atom stereocenters. The number of ketones is 1. The maximum absolute atomic E-state index is 12.1. The molecule has 0 aliphatic heterocycles. The summed E-state index contributed by atoms with van der Waals surface area (Å²) in [5.74, 6) is 1.43. The van der Waals surface area contributed by atoms with E-state index in [1.165, 1.54) is 0 Å². The summed E-state index contributed by atoms with van der Waals surface area (Å²) in [4.78, 5) is 29.9. The van der Waals surface area contributed by atoms with E-state index in [9.17, 15) is 9.59 Å². The summed E-state index contributed by atoms with van der Waals surface area (Å²) in [5.41, 5.74) is 3.08. The zero-order valence-electron chi connectivity index (χ0n) is 11.0. The molecule has 1 aromatic heterocycles. The van der Waals surface area contributed by atoms with Gasteiger partial charge in [0.1, 0.15) is 0 Å². The third-order valence-corrected chi connectivity index (χ3v) is 3.71. The first-order chi connectivity index (χ1) is 9.15. The van der Waals surface area contributed by atoms with Gasteiger partial charge in [0.2, 0.25) is 0 Å². The Bertz CT molecular complexity index is 619. The zero-order chi connectivity index (χ0) is 13.8. The number of aromatic amines is 1. The molecule has 2 rings (SSSR count). The molecule has 0 bridgehead atoms. The average molecular weight is 276 g/mol. The first-order valence-corrected chi connectivity index (χ1v) is 7.52. The average Bonchev–Trinajstić information content (AvgIpc) is 2.79. The molecule has 5 heteroatoms. The van der Waals surface area contributed by atoms with Crippen molar-refractivity contribution >= 4 is 34.9 Å². The van der Waals surface area contributed by atoms with Crippen molar-refractivity contribution < 1.29 is 9.59 Å². The van der Waals surface area contributed by atoms with E-state index < -0.39 is 0 Å². The molecule has 0 fully saturated rings. The minimum atomic E-state index is 0.143. The van der Waals surface area contributed by atoms with Gasteiger partial charge in [-0.25, -0.2) is 4.98 Å². The van der Waals surface area contributed by atoms with Gasteiger partial charge in [-0.15, -0.1) is 0 Å². The monoisotopic (exact) mass is 276 g/mol. The summed E-state index contributed by atoms with van der Waals surface area (Å²) >= 11 is 1.74. The van der Waals surface area contributed by atoms with E-state index in [2.05, 4.69) is 9.97 Å². The first-order valence-electron chi connectivity index (χ1n) is 6.13. The Morgan fingerprint density at radius 3 is 2.95 bits per heavy atom. The van der Waals surface area contributed by atoms with Crippen molar-refractivity contribution in [2.75, 3.05) is 12.0 Å². The van der Waals surface area contributed by atoms with Gasteiger partial charge in [0.25, 0.3) is 0 Å². The van der Waals surface area contributed by atoms with Gasteiger partial charge in [0.05, 0.1) is 11.0 Å². The van der Waals surface area contributed by atoms with Gasteiger partial charge in [-0.3, -0.25) is 9.59 Å². The van der Waals surface area contributed by atoms with E-state index >= 15 is 0 Å². The molecule has 100 valence electrons. The Balaban J connectivity index is 2.29. The summed E-state index contributed by atoms with van der Waals surface area (Å²) in [6.45, 7) is 1.91. The number of benzene rings is 1. The van der Waals surface area contributed by atoms with Crippen LogP contribution >= 0.6 is 11.8 Å². The lowest BCUT2D eigenvalue weighted by molar-refractivity contribution is 0.0981. The van der Waals surface area contributed by atoms with Crippen LogP contribution in [-0.2, 0) is 0 Å². The second kappa shape index (κ2) is 6.02. The molecule has 0 unspecified atom stereocenters. The minimum Gasteiger partial charge on any atom is -0.336 e. The number of carbonyl (C=O) groups is 2. The number of fused-ring (bicyclic) bond motifs is 1. The Hall–Kier alpha value is -1.62. The van der Waals surface area contributed by atoms with Crippen molar-refractivity contribution in [3.8, 4) is 0 Å². The smallest absolute Gasteiger partial charge is 0.185 e. The molecule has 0 spiro atoms. The Labute approximate surface area is 116 Å². The van der Waals surface area contributed by atoms with Crippen LogP contribution in [0.4, 0.5) is 0 Å². The lowest BCUT2D eigenvalue weighted by Gasteiger charge is -2.04. The van der Waals surface area contributed by atoms with Gasteiger partial charge in [0, 0.05) is 12.0 Å². The number of thioether (sulfide) groups is 1. The molecule has 4 nitrogen and oxygen atoms in total. The van der Waals surface area contributed by atoms with E-state index in [0.29, 0.717) is 29.6 Å². The van der Waals surface area contributed by atoms with Crippen LogP contribution in [0.15, 0.2) is 12.1 Å². The van der Waals surface area contributed by atoms with Crippen LogP contribution in [0.3, 0.4) is 0 Å². The second-order valence-corrected chi connectivity index (χ2v) is 5.43. The molecular weight excluding hydrogens is 260 g/mol. The fraction of sp³-hybridized carbons (Fsp3) is 0.357. The van der Waals surface area contributed by atoms with E-state index in [1.54, 1.807) is 17.8 Å². The summed E-state index contributed by atoms with van der Waals surface area (Å²) in [6.07, 6.45) is 4.15. The lowest BCUT2D eigenvalue weighted by atomic mass is 10.0. The molecule has 0 saturated heterocycles. The van der Waals surface area contributed by atoms with Gasteiger partial charge in [-0.2, -0.15) is 11.8 Å². The van der Waals surface area contributed by atoms with Gasteiger partial charge in [0.15, 0.2) is 17.9 Å². The number of Topliss-reactive ketones (excluding diaryl/α,β-unsaturated/α-hetero) is 1. The van der Waals surface area contributed by atoms with Crippen LogP contribution < -0.4 is 0 Å². The van der Waals surface area contributed by atoms with Crippen LogP contribution in [0.1, 0.15) is 39.4 Å². The number of nitrogens with one attached hydrogen (secondary N) is 1. The number of nitrogens with zero attached hydrogens (tertiary/aromatic N) is 1. The third kappa shape index (κ3) is 3.04. The Morgan fingerprint density at radius 1 is 1.47 bits per heavy atom. The van der Waals surface area contributed by atoms with E-state index in [-0.39, 0.29) is 5.78 Å². The SMILES string of the molecule is CSCCCC(=O)c1cc2nc(C=O)[nH]c2cc1C. The van der Waals surface area contributed by atoms with Crippen LogP contribution in [0.2, 0.25) is 0 Å². The van der Waals surface area contributed by atoms with Crippen LogP contribution in [0, 0.1) is 6.92 Å². The summed E-state index contributed by atoms with van der Waals surface area (Å²) in [7, 11) is 0. The fourth-order valence-electron chi connectivity index (χ4n) is 2.05. The van der Waals surface area contributed by atoms with Gasteiger partial charge >= 0.3 is 0 Å². The maximum atomic E-state index is 12.1. The molecule has 0 aliphatic rings. The highest BCUT2D eigenvalue weighted by molar-refractivity contribution is 7.98. The number of rotatable bonds is 6. The molecule has 2 aromatic rings. The quantitative estimate of drug-likeness (QED) is 0.500. The predicted molar refractivity (Wildman–Crippen MR) is 78.2 cm³/mol. The van der Waals surface area contributed by atoms with Gasteiger partial charge in [-0.05, 0) is 43.0 Å². The highest BCUT2D eigenvalue weighted by Crippen LogP contribution is 2.19. The number of hydrogen-bond acceptors (Lipinski definition) is 4. The lowest BCUT2D eigenvalue weighted by Crippen LogP contribution is -2.02. The molecule has 1 N–H and O–H groups in total. The molecule has 0 amide bonds. The molecular formula is C14H16N2O2S. The maximum Gasteiger partial charge on any atom is 0.185 e. The highest BCUT2D eigenvalue weighted by atomic mass is 32.2. The van der Waals surface area contributed by atoms with Gasteiger partial charge < -0.3 is 4.98 Å². The van der Waals surface area contributed by atoms with Crippen molar-refractivity contribution in [2.45, 2.75) is 19.8 Å². The molecule has 0 radical (unpaired) electrons. The highest BCUT2D eigenvalue weighted by Gasteiger charge is 2.12. The summed E-state index contributed by atoms with van der Waals surface area (Å²) < 4.78 is 0. The number of imidazole rings is 1.